The van der Waals surface area contributed by atoms with Crippen molar-refractivity contribution >= 4 is 23.0 Å². The van der Waals surface area contributed by atoms with Gasteiger partial charge in [-0.1, -0.05) is 23.7 Å². The summed E-state index contributed by atoms with van der Waals surface area (Å²) in [6.45, 7) is -0.433. The highest BCUT2D eigenvalue weighted by Crippen LogP contribution is 2.28. The van der Waals surface area contributed by atoms with Gasteiger partial charge >= 0.3 is 0 Å². The molecular formula is C14H11ClF2N2O3. The molecule has 0 aliphatic rings. The summed E-state index contributed by atoms with van der Waals surface area (Å²) in [4.78, 5) is 9.66. The fraction of sp³-hybridized carbons (Fsp3) is 0.143. The van der Waals surface area contributed by atoms with Crippen molar-refractivity contribution in [2.45, 2.75) is 6.04 Å². The Bertz CT molecular complexity index is 672. The second-order valence-electron chi connectivity index (χ2n) is 4.47. The van der Waals surface area contributed by atoms with Crippen LogP contribution in [-0.2, 0) is 0 Å². The molecule has 5 nitrogen and oxygen atoms in total. The Morgan fingerprint density at radius 3 is 2.23 bits per heavy atom. The number of halogens is 3. The summed E-state index contributed by atoms with van der Waals surface area (Å²) in [5.74, 6) is -2.22. The number of nitrogens with one attached hydrogen (secondary N) is 1. The Morgan fingerprint density at radius 1 is 1.23 bits per heavy atom. The number of rotatable bonds is 5. The zero-order valence-corrected chi connectivity index (χ0v) is 11.8. The Morgan fingerprint density at radius 2 is 1.77 bits per heavy atom. The van der Waals surface area contributed by atoms with Gasteiger partial charge in [0.2, 0.25) is 0 Å². The summed E-state index contributed by atoms with van der Waals surface area (Å²) in [6, 6.07) is 6.77. The van der Waals surface area contributed by atoms with E-state index in [1.807, 2.05) is 0 Å². The molecular weight excluding hydrogens is 318 g/mol. The molecule has 1 atom stereocenters. The number of benzene rings is 2. The predicted octanol–water partition coefficient (Wildman–Crippen LogP) is 3.67. The van der Waals surface area contributed by atoms with Crippen LogP contribution in [0.1, 0.15) is 11.6 Å². The minimum absolute atomic E-state index is 0.433. The molecule has 2 rings (SSSR count). The molecule has 0 spiro atoms. The summed E-state index contributed by atoms with van der Waals surface area (Å²) in [5, 5.41) is 22.9. The lowest BCUT2D eigenvalue weighted by Crippen LogP contribution is -2.16. The SMILES string of the molecule is O=[N+]([O-])c1cc(F)c(NC(CO)c2ccc(Cl)cc2)c(F)c1. The molecule has 0 radical (unpaired) electrons. The number of non-ortho nitro benzene ring substituents is 1. The average Bonchev–Trinajstić information content (AvgIpc) is 2.47. The Hall–Kier alpha value is -2.25. The summed E-state index contributed by atoms with van der Waals surface area (Å²) in [7, 11) is 0. The van der Waals surface area contributed by atoms with E-state index >= 15 is 0 Å². The molecule has 0 aliphatic heterocycles. The van der Waals surface area contributed by atoms with E-state index in [1.54, 1.807) is 24.3 Å². The van der Waals surface area contributed by atoms with Crippen LogP contribution in [0.2, 0.25) is 5.02 Å². The van der Waals surface area contributed by atoms with Crippen LogP contribution in [0, 0.1) is 21.7 Å². The second-order valence-corrected chi connectivity index (χ2v) is 4.91. The molecule has 8 heteroatoms. The highest BCUT2D eigenvalue weighted by molar-refractivity contribution is 6.30. The number of nitro benzene ring substituents is 1. The van der Waals surface area contributed by atoms with Crippen LogP contribution >= 0.6 is 11.6 Å². The van der Waals surface area contributed by atoms with Crippen molar-refractivity contribution in [3.8, 4) is 0 Å². The number of anilines is 1. The zero-order chi connectivity index (χ0) is 16.3. The Balaban J connectivity index is 2.32. The first-order valence-corrected chi connectivity index (χ1v) is 6.56. The molecule has 0 aromatic heterocycles. The molecule has 0 saturated heterocycles. The lowest BCUT2D eigenvalue weighted by Gasteiger charge is -2.19. The summed E-state index contributed by atoms with van der Waals surface area (Å²) < 4.78 is 27.7. The van der Waals surface area contributed by atoms with E-state index in [0.29, 0.717) is 22.7 Å². The van der Waals surface area contributed by atoms with E-state index in [9.17, 15) is 24.0 Å². The van der Waals surface area contributed by atoms with Crippen molar-refractivity contribution in [3.63, 3.8) is 0 Å². The van der Waals surface area contributed by atoms with Gasteiger partial charge in [-0.2, -0.15) is 0 Å². The maximum absolute atomic E-state index is 13.8. The van der Waals surface area contributed by atoms with Crippen LogP contribution in [0.15, 0.2) is 36.4 Å². The quantitative estimate of drug-likeness (QED) is 0.648. The predicted molar refractivity (Wildman–Crippen MR) is 77.9 cm³/mol. The van der Waals surface area contributed by atoms with Gasteiger partial charge in [0, 0.05) is 5.02 Å². The third-order valence-electron chi connectivity index (χ3n) is 3.01. The molecule has 2 aromatic carbocycles. The van der Waals surface area contributed by atoms with Crippen LogP contribution in [0.5, 0.6) is 0 Å². The van der Waals surface area contributed by atoms with E-state index in [4.69, 9.17) is 11.6 Å². The van der Waals surface area contributed by atoms with Crippen molar-refractivity contribution in [1.82, 2.24) is 0 Å². The van der Waals surface area contributed by atoms with Crippen molar-refractivity contribution in [2.24, 2.45) is 0 Å². The van der Waals surface area contributed by atoms with Crippen LogP contribution in [0.3, 0.4) is 0 Å². The molecule has 22 heavy (non-hydrogen) atoms. The molecule has 1 unspecified atom stereocenters. The fourth-order valence-electron chi connectivity index (χ4n) is 1.91. The van der Waals surface area contributed by atoms with Crippen LogP contribution in [-0.4, -0.2) is 16.6 Å². The number of nitrogens with zero attached hydrogens (tertiary/aromatic N) is 1. The van der Waals surface area contributed by atoms with E-state index in [2.05, 4.69) is 5.32 Å². The van der Waals surface area contributed by atoms with Gasteiger partial charge in [-0.25, -0.2) is 8.78 Å². The maximum Gasteiger partial charge on any atom is 0.275 e. The molecule has 0 aliphatic carbocycles. The van der Waals surface area contributed by atoms with Gasteiger partial charge in [-0.3, -0.25) is 10.1 Å². The van der Waals surface area contributed by atoms with Crippen molar-refractivity contribution < 1.29 is 18.8 Å². The maximum atomic E-state index is 13.8. The van der Waals surface area contributed by atoms with E-state index in [1.165, 1.54) is 0 Å². The van der Waals surface area contributed by atoms with Gasteiger partial charge < -0.3 is 10.4 Å². The Labute approximate surface area is 129 Å². The molecule has 0 bridgehead atoms. The normalized spacial score (nSPS) is 12.0. The average molecular weight is 329 g/mol. The third-order valence-corrected chi connectivity index (χ3v) is 3.26. The first-order valence-electron chi connectivity index (χ1n) is 6.18. The topological polar surface area (TPSA) is 75.4 Å². The van der Waals surface area contributed by atoms with Crippen LogP contribution in [0.25, 0.3) is 0 Å². The third kappa shape index (κ3) is 3.49. The van der Waals surface area contributed by atoms with Gasteiger partial charge in [0.05, 0.1) is 29.7 Å². The van der Waals surface area contributed by atoms with Crippen LogP contribution in [0.4, 0.5) is 20.2 Å². The number of hydrogen-bond donors (Lipinski definition) is 2. The standard InChI is InChI=1S/C14H11ClF2N2O3/c15-9-3-1-8(2-4-9)13(7-20)18-14-11(16)5-10(19(21)22)6-12(14)17/h1-6,13,18,20H,7H2. The first kappa shape index (κ1) is 16.1. The van der Waals surface area contributed by atoms with Crippen molar-refractivity contribution in [1.29, 1.82) is 0 Å². The molecule has 0 fully saturated rings. The molecule has 0 amide bonds. The molecule has 2 N–H and O–H groups in total. The van der Waals surface area contributed by atoms with Gasteiger partial charge in [-0.05, 0) is 17.7 Å². The highest BCUT2D eigenvalue weighted by atomic mass is 35.5. The molecule has 116 valence electrons. The summed E-state index contributed by atoms with van der Waals surface area (Å²) in [6.07, 6.45) is 0. The monoisotopic (exact) mass is 328 g/mol. The van der Waals surface area contributed by atoms with E-state index in [0.717, 1.165) is 0 Å². The van der Waals surface area contributed by atoms with Gasteiger partial charge in [-0.15, -0.1) is 0 Å². The summed E-state index contributed by atoms with van der Waals surface area (Å²) >= 11 is 5.75. The minimum atomic E-state index is -1.11. The van der Waals surface area contributed by atoms with E-state index in [-0.39, 0.29) is 0 Å². The lowest BCUT2D eigenvalue weighted by atomic mass is 10.1. The van der Waals surface area contributed by atoms with Gasteiger partial charge in [0.25, 0.3) is 5.69 Å². The first-order chi connectivity index (χ1) is 10.4. The highest BCUT2D eigenvalue weighted by Gasteiger charge is 2.20. The fourth-order valence-corrected chi connectivity index (χ4v) is 2.03. The number of aliphatic hydroxyl groups is 1. The minimum Gasteiger partial charge on any atom is -0.394 e. The molecule has 2 aromatic rings. The van der Waals surface area contributed by atoms with Gasteiger partial charge in [0.15, 0.2) is 11.6 Å². The molecule has 0 saturated carbocycles. The largest absolute Gasteiger partial charge is 0.394 e. The lowest BCUT2D eigenvalue weighted by molar-refractivity contribution is -0.385. The van der Waals surface area contributed by atoms with Gasteiger partial charge in [0.1, 0.15) is 5.69 Å². The van der Waals surface area contributed by atoms with E-state index < -0.39 is 40.6 Å². The molecule has 0 heterocycles. The number of nitro groups is 1. The Kier molecular flexibility index (Phi) is 4.89. The summed E-state index contributed by atoms with van der Waals surface area (Å²) in [5.41, 5.74) is -0.670. The second kappa shape index (κ2) is 6.67. The van der Waals surface area contributed by atoms with Crippen molar-refractivity contribution in [2.75, 3.05) is 11.9 Å². The smallest absolute Gasteiger partial charge is 0.275 e. The van der Waals surface area contributed by atoms with Crippen molar-refractivity contribution in [3.05, 3.63) is 68.7 Å². The van der Waals surface area contributed by atoms with Crippen LogP contribution < -0.4 is 5.32 Å². The number of aliphatic hydroxyl groups excluding tert-OH is 1. The zero-order valence-electron chi connectivity index (χ0n) is 11.1. The number of hydrogen-bond acceptors (Lipinski definition) is 4.